The lowest BCUT2D eigenvalue weighted by atomic mass is 10.1. The third kappa shape index (κ3) is 3.23. The number of anilines is 1. The van der Waals surface area contributed by atoms with Crippen molar-refractivity contribution in [1.29, 1.82) is 0 Å². The number of nitrogens with zero attached hydrogens (tertiary/aromatic N) is 2. The highest BCUT2D eigenvalue weighted by Crippen LogP contribution is 2.26. The van der Waals surface area contributed by atoms with E-state index in [0.717, 1.165) is 38.5 Å². The molecule has 0 spiro atoms. The Bertz CT molecular complexity index is 348. The largest absolute Gasteiger partial charge is 0.385 e. The second-order valence-corrected chi connectivity index (χ2v) is 4.72. The predicted molar refractivity (Wildman–Crippen MR) is 70.9 cm³/mol. The van der Waals surface area contributed by atoms with E-state index >= 15 is 0 Å². The number of nitrogens with one attached hydrogen (secondary N) is 1. The predicted octanol–water partition coefficient (Wildman–Crippen LogP) is 2.07. The van der Waals surface area contributed by atoms with E-state index in [1.807, 2.05) is 12.4 Å². The Morgan fingerprint density at radius 3 is 3.28 bits per heavy atom. The third-order valence-electron chi connectivity index (χ3n) is 3.42. The van der Waals surface area contributed by atoms with E-state index in [9.17, 15) is 0 Å². The van der Waals surface area contributed by atoms with Crippen LogP contribution in [0.1, 0.15) is 32.2 Å². The average molecular weight is 253 g/mol. The van der Waals surface area contributed by atoms with E-state index in [1.165, 1.54) is 6.42 Å². The molecule has 18 heavy (non-hydrogen) atoms. The summed E-state index contributed by atoms with van der Waals surface area (Å²) < 4.78 is 12.9. The first kappa shape index (κ1) is 13.4. The molecular weight excluding hydrogens is 230 g/mol. The Labute approximate surface area is 108 Å². The van der Waals surface area contributed by atoms with Gasteiger partial charge in [-0.3, -0.25) is 0 Å². The van der Waals surface area contributed by atoms with Crippen LogP contribution in [-0.4, -0.2) is 42.5 Å². The Morgan fingerprint density at radius 2 is 2.56 bits per heavy atom. The van der Waals surface area contributed by atoms with Crippen LogP contribution in [-0.2, 0) is 9.47 Å². The fourth-order valence-corrected chi connectivity index (χ4v) is 2.36. The van der Waals surface area contributed by atoms with Crippen LogP contribution in [0.4, 0.5) is 5.95 Å². The van der Waals surface area contributed by atoms with Crippen LogP contribution in [0.3, 0.4) is 0 Å². The topological polar surface area (TPSA) is 48.3 Å². The summed E-state index contributed by atoms with van der Waals surface area (Å²) in [5.74, 6) is 0.925. The number of ether oxygens (including phenoxy) is 2. The van der Waals surface area contributed by atoms with Gasteiger partial charge in [0.2, 0.25) is 5.95 Å². The molecule has 0 saturated carbocycles. The molecule has 1 N–H and O–H groups in total. The highest BCUT2D eigenvalue weighted by atomic mass is 16.5. The molecule has 1 fully saturated rings. The van der Waals surface area contributed by atoms with Gasteiger partial charge in [-0.25, -0.2) is 4.98 Å². The van der Waals surface area contributed by atoms with Crippen molar-refractivity contribution in [2.24, 2.45) is 0 Å². The van der Waals surface area contributed by atoms with E-state index in [2.05, 4.69) is 21.8 Å². The van der Waals surface area contributed by atoms with Crippen molar-refractivity contribution in [2.45, 2.75) is 38.3 Å². The average Bonchev–Trinajstić information content (AvgIpc) is 3.04. The Kier molecular flexibility index (Phi) is 5.01. The van der Waals surface area contributed by atoms with E-state index < -0.39 is 0 Å². The third-order valence-corrected chi connectivity index (χ3v) is 3.42. The minimum absolute atomic E-state index is 0.318. The summed E-state index contributed by atoms with van der Waals surface area (Å²) in [4.78, 5) is 4.36. The van der Waals surface area contributed by atoms with Crippen molar-refractivity contribution in [3.8, 4) is 0 Å². The van der Waals surface area contributed by atoms with Crippen LogP contribution in [0.25, 0.3) is 0 Å². The Morgan fingerprint density at radius 1 is 1.67 bits per heavy atom. The molecule has 0 bridgehead atoms. The van der Waals surface area contributed by atoms with Gasteiger partial charge in [-0.2, -0.15) is 0 Å². The molecule has 5 heteroatoms. The normalized spacial score (nSPS) is 21.1. The maximum absolute atomic E-state index is 5.74. The molecule has 1 aliphatic heterocycles. The molecule has 2 heterocycles. The van der Waals surface area contributed by atoms with Gasteiger partial charge in [-0.05, 0) is 26.2 Å². The molecule has 2 unspecified atom stereocenters. The van der Waals surface area contributed by atoms with Gasteiger partial charge in [0.05, 0.1) is 12.1 Å². The van der Waals surface area contributed by atoms with Crippen molar-refractivity contribution >= 4 is 5.95 Å². The quantitative estimate of drug-likeness (QED) is 0.756. The number of rotatable bonds is 7. The summed E-state index contributed by atoms with van der Waals surface area (Å²) in [7, 11) is 1.72. The van der Waals surface area contributed by atoms with Crippen LogP contribution in [0, 0.1) is 0 Å². The van der Waals surface area contributed by atoms with Gasteiger partial charge in [0.25, 0.3) is 0 Å². The van der Waals surface area contributed by atoms with E-state index in [1.54, 1.807) is 7.11 Å². The highest BCUT2D eigenvalue weighted by molar-refractivity contribution is 5.26. The second kappa shape index (κ2) is 6.75. The number of hydrogen-bond donors (Lipinski definition) is 1. The molecule has 2 rings (SSSR count). The number of imidazole rings is 1. The van der Waals surface area contributed by atoms with Crippen LogP contribution in [0.15, 0.2) is 12.4 Å². The summed E-state index contributed by atoms with van der Waals surface area (Å²) in [6.07, 6.45) is 7.47. The molecule has 1 aromatic rings. The van der Waals surface area contributed by atoms with Gasteiger partial charge in [-0.15, -0.1) is 0 Å². The molecule has 1 aromatic heterocycles. The van der Waals surface area contributed by atoms with Gasteiger partial charge >= 0.3 is 0 Å². The second-order valence-electron chi connectivity index (χ2n) is 4.72. The van der Waals surface area contributed by atoms with E-state index in [4.69, 9.17) is 9.47 Å². The first-order valence-corrected chi connectivity index (χ1v) is 6.70. The van der Waals surface area contributed by atoms with Crippen molar-refractivity contribution in [1.82, 2.24) is 9.55 Å². The van der Waals surface area contributed by atoms with Gasteiger partial charge in [-0.1, -0.05) is 0 Å². The lowest BCUT2D eigenvalue weighted by Gasteiger charge is -2.22. The summed E-state index contributed by atoms with van der Waals surface area (Å²) in [5.41, 5.74) is 0. The van der Waals surface area contributed by atoms with Crippen molar-refractivity contribution in [3.05, 3.63) is 12.4 Å². The molecule has 0 radical (unpaired) electrons. The number of methoxy groups -OCH3 is 1. The SMILES string of the molecule is COCCCNc1nccn1C(C)C1CCCO1. The molecule has 1 aliphatic rings. The molecule has 0 amide bonds. The molecule has 1 saturated heterocycles. The fraction of sp³-hybridized carbons (Fsp3) is 0.769. The lowest BCUT2D eigenvalue weighted by Crippen LogP contribution is -2.22. The minimum atomic E-state index is 0.318. The van der Waals surface area contributed by atoms with Crippen molar-refractivity contribution in [3.63, 3.8) is 0 Å². The summed E-state index contributed by atoms with van der Waals surface area (Å²) in [5, 5.41) is 3.35. The van der Waals surface area contributed by atoms with Gasteiger partial charge in [0.1, 0.15) is 0 Å². The molecule has 0 aliphatic carbocycles. The zero-order valence-corrected chi connectivity index (χ0v) is 11.3. The monoisotopic (exact) mass is 253 g/mol. The van der Waals surface area contributed by atoms with Gasteiger partial charge in [0.15, 0.2) is 0 Å². The number of aromatic nitrogens is 2. The maximum atomic E-state index is 5.74. The summed E-state index contributed by atoms with van der Waals surface area (Å²) in [6.45, 7) is 4.73. The Balaban J connectivity index is 1.89. The lowest BCUT2D eigenvalue weighted by molar-refractivity contribution is 0.0738. The van der Waals surface area contributed by atoms with Crippen LogP contribution in [0.5, 0.6) is 0 Å². The van der Waals surface area contributed by atoms with Gasteiger partial charge in [0, 0.05) is 39.3 Å². The molecule has 102 valence electrons. The smallest absolute Gasteiger partial charge is 0.203 e. The molecular formula is C13H23N3O2. The number of hydrogen-bond acceptors (Lipinski definition) is 4. The molecule has 2 atom stereocenters. The first-order valence-electron chi connectivity index (χ1n) is 6.70. The van der Waals surface area contributed by atoms with Gasteiger partial charge < -0.3 is 19.4 Å². The van der Waals surface area contributed by atoms with Crippen LogP contribution >= 0.6 is 0 Å². The standard InChI is InChI=1S/C13H23N3O2/c1-11(12-5-3-10-18-12)16-8-7-15-13(16)14-6-4-9-17-2/h7-8,11-12H,3-6,9-10H2,1-2H3,(H,14,15). The highest BCUT2D eigenvalue weighted by Gasteiger charge is 2.24. The van der Waals surface area contributed by atoms with Crippen molar-refractivity contribution < 1.29 is 9.47 Å². The van der Waals surface area contributed by atoms with E-state index in [0.29, 0.717) is 12.1 Å². The summed E-state index contributed by atoms with van der Waals surface area (Å²) in [6, 6.07) is 0.333. The first-order chi connectivity index (χ1) is 8.83. The molecule has 0 aromatic carbocycles. The van der Waals surface area contributed by atoms with E-state index in [-0.39, 0.29) is 0 Å². The Hall–Kier alpha value is -1.07. The fourth-order valence-electron chi connectivity index (χ4n) is 2.36. The zero-order chi connectivity index (χ0) is 12.8. The summed E-state index contributed by atoms with van der Waals surface area (Å²) >= 11 is 0. The van der Waals surface area contributed by atoms with Crippen molar-refractivity contribution in [2.75, 3.05) is 32.2 Å². The van der Waals surface area contributed by atoms with Crippen LogP contribution < -0.4 is 5.32 Å². The maximum Gasteiger partial charge on any atom is 0.203 e. The zero-order valence-electron chi connectivity index (χ0n) is 11.3. The molecule has 5 nitrogen and oxygen atoms in total. The van der Waals surface area contributed by atoms with Crippen LogP contribution in [0.2, 0.25) is 0 Å². The minimum Gasteiger partial charge on any atom is -0.385 e.